The van der Waals surface area contributed by atoms with Crippen LogP contribution in [0.15, 0.2) is 60.7 Å². The van der Waals surface area contributed by atoms with Crippen molar-refractivity contribution in [1.82, 2.24) is 4.98 Å². The van der Waals surface area contributed by atoms with E-state index in [9.17, 15) is 9.59 Å². The van der Waals surface area contributed by atoms with Crippen molar-refractivity contribution in [3.63, 3.8) is 0 Å². The number of esters is 1. The van der Waals surface area contributed by atoms with Crippen LogP contribution < -0.4 is 5.32 Å². The van der Waals surface area contributed by atoms with Gasteiger partial charge in [-0.15, -0.1) is 11.3 Å². The van der Waals surface area contributed by atoms with Gasteiger partial charge in [0.05, 0.1) is 19.2 Å². The van der Waals surface area contributed by atoms with E-state index in [1.165, 1.54) is 18.4 Å². The highest BCUT2D eigenvalue weighted by molar-refractivity contribution is 7.16. The van der Waals surface area contributed by atoms with Crippen molar-refractivity contribution >= 4 is 28.3 Å². The van der Waals surface area contributed by atoms with Gasteiger partial charge >= 0.3 is 5.97 Å². The second-order valence-corrected chi connectivity index (χ2v) is 7.03. The van der Waals surface area contributed by atoms with E-state index in [0.29, 0.717) is 23.7 Å². The molecule has 0 atom stereocenters. The minimum absolute atomic E-state index is 0.100. The lowest BCUT2D eigenvalue weighted by atomic mass is 10.1. The zero-order valence-electron chi connectivity index (χ0n) is 15.0. The Kier molecular flexibility index (Phi) is 6.33. The van der Waals surface area contributed by atoms with Crippen LogP contribution >= 0.6 is 11.3 Å². The van der Waals surface area contributed by atoms with Gasteiger partial charge in [0.1, 0.15) is 0 Å². The molecule has 0 fully saturated rings. The molecule has 1 heterocycles. The summed E-state index contributed by atoms with van der Waals surface area (Å²) in [5.74, 6) is -0.436. The van der Waals surface area contributed by atoms with Gasteiger partial charge in [0.25, 0.3) is 0 Å². The highest BCUT2D eigenvalue weighted by atomic mass is 32.1. The molecule has 0 unspecified atom stereocenters. The van der Waals surface area contributed by atoms with Crippen LogP contribution in [0, 0.1) is 0 Å². The highest BCUT2D eigenvalue weighted by Gasteiger charge is 2.17. The maximum Gasteiger partial charge on any atom is 0.310 e. The van der Waals surface area contributed by atoms with E-state index >= 15 is 0 Å². The zero-order valence-corrected chi connectivity index (χ0v) is 15.8. The maximum atomic E-state index is 12.3. The van der Waals surface area contributed by atoms with E-state index in [1.807, 2.05) is 60.7 Å². The maximum absolute atomic E-state index is 12.3. The lowest BCUT2D eigenvalue weighted by Gasteiger charge is -2.02. The number of benzene rings is 2. The molecule has 1 N–H and O–H groups in total. The fourth-order valence-electron chi connectivity index (χ4n) is 2.63. The molecule has 5 nitrogen and oxygen atoms in total. The first-order valence-corrected chi connectivity index (χ1v) is 9.43. The Labute approximate surface area is 162 Å². The molecule has 0 radical (unpaired) electrons. The predicted molar refractivity (Wildman–Crippen MR) is 107 cm³/mol. The molecule has 0 aliphatic heterocycles. The number of hydrogen-bond acceptors (Lipinski definition) is 5. The number of thiazole rings is 1. The summed E-state index contributed by atoms with van der Waals surface area (Å²) in [6.45, 7) is 0. The summed E-state index contributed by atoms with van der Waals surface area (Å²) in [6.07, 6.45) is 1.16. The van der Waals surface area contributed by atoms with Gasteiger partial charge < -0.3 is 10.1 Å². The van der Waals surface area contributed by atoms with Gasteiger partial charge in [0.15, 0.2) is 5.13 Å². The van der Waals surface area contributed by atoms with Crippen molar-refractivity contribution in [2.24, 2.45) is 0 Å². The molecule has 27 heavy (non-hydrogen) atoms. The van der Waals surface area contributed by atoms with Crippen molar-refractivity contribution in [2.75, 3.05) is 12.4 Å². The SMILES string of the molecule is COC(=O)Cc1sc(NC(=O)CCc2ccccc2)nc1-c1ccccc1. The van der Waals surface area contributed by atoms with E-state index in [0.717, 1.165) is 16.0 Å². The summed E-state index contributed by atoms with van der Waals surface area (Å²) >= 11 is 1.30. The average Bonchev–Trinajstić information content (AvgIpc) is 3.09. The Morgan fingerprint density at radius 2 is 1.70 bits per heavy atom. The Balaban J connectivity index is 1.73. The van der Waals surface area contributed by atoms with Crippen LogP contribution in [-0.4, -0.2) is 24.0 Å². The lowest BCUT2D eigenvalue weighted by molar-refractivity contribution is -0.139. The van der Waals surface area contributed by atoms with Crippen LogP contribution in [0.25, 0.3) is 11.3 Å². The number of hydrogen-bond donors (Lipinski definition) is 1. The normalized spacial score (nSPS) is 10.4. The molecule has 0 saturated carbocycles. The molecule has 3 aromatic rings. The summed E-state index contributed by atoms with van der Waals surface area (Å²) < 4.78 is 4.78. The fraction of sp³-hybridized carbons (Fsp3) is 0.190. The Morgan fingerprint density at radius 3 is 2.37 bits per heavy atom. The van der Waals surface area contributed by atoms with Crippen molar-refractivity contribution in [2.45, 2.75) is 19.3 Å². The van der Waals surface area contributed by atoms with Crippen LogP contribution in [0.1, 0.15) is 16.9 Å². The minimum Gasteiger partial charge on any atom is -0.469 e. The number of anilines is 1. The Bertz CT molecular complexity index is 908. The van der Waals surface area contributed by atoms with Gasteiger partial charge in [-0.3, -0.25) is 9.59 Å². The number of methoxy groups -OCH3 is 1. The van der Waals surface area contributed by atoms with E-state index in [4.69, 9.17) is 4.74 Å². The summed E-state index contributed by atoms with van der Waals surface area (Å²) in [4.78, 5) is 29.3. The Hall–Kier alpha value is -2.99. The number of carbonyl (C=O) groups excluding carboxylic acids is 2. The standard InChI is InChI=1S/C21H20N2O3S/c1-26-19(25)14-17-20(16-10-6-3-7-11-16)23-21(27-17)22-18(24)13-12-15-8-4-2-5-9-15/h2-11H,12-14H2,1H3,(H,22,23,24). The van der Waals surface area contributed by atoms with Gasteiger partial charge in [-0.1, -0.05) is 60.7 Å². The van der Waals surface area contributed by atoms with Gasteiger partial charge in [-0.25, -0.2) is 4.98 Å². The average molecular weight is 380 g/mol. The number of ether oxygens (including phenoxy) is 1. The number of aryl methyl sites for hydroxylation is 1. The molecular formula is C21H20N2O3S. The van der Waals surface area contributed by atoms with Gasteiger partial charge in [-0.2, -0.15) is 0 Å². The molecule has 0 aliphatic rings. The summed E-state index contributed by atoms with van der Waals surface area (Å²) in [7, 11) is 1.36. The molecule has 0 aliphatic carbocycles. The molecule has 2 aromatic carbocycles. The molecule has 6 heteroatoms. The van der Waals surface area contributed by atoms with Crippen molar-refractivity contribution in [3.05, 3.63) is 71.1 Å². The third-order valence-electron chi connectivity index (χ3n) is 4.01. The first-order chi connectivity index (χ1) is 13.2. The monoisotopic (exact) mass is 380 g/mol. The van der Waals surface area contributed by atoms with Crippen LogP contribution in [0.2, 0.25) is 0 Å². The van der Waals surface area contributed by atoms with E-state index in [-0.39, 0.29) is 18.3 Å². The molecule has 138 valence electrons. The largest absolute Gasteiger partial charge is 0.469 e. The second-order valence-electron chi connectivity index (χ2n) is 5.94. The number of nitrogens with zero attached hydrogens (tertiary/aromatic N) is 1. The number of carbonyl (C=O) groups is 2. The molecule has 1 aromatic heterocycles. The first-order valence-electron chi connectivity index (χ1n) is 8.61. The lowest BCUT2D eigenvalue weighted by Crippen LogP contribution is -2.12. The quantitative estimate of drug-likeness (QED) is 0.627. The van der Waals surface area contributed by atoms with Crippen LogP contribution in [0.3, 0.4) is 0 Å². The predicted octanol–water partition coefficient (Wildman–Crippen LogP) is 4.10. The topological polar surface area (TPSA) is 68.3 Å². The van der Waals surface area contributed by atoms with Gasteiger partial charge in [0.2, 0.25) is 5.91 Å². The summed E-state index contributed by atoms with van der Waals surface area (Å²) in [5.41, 5.74) is 2.71. The van der Waals surface area contributed by atoms with Crippen LogP contribution in [0.5, 0.6) is 0 Å². The molecule has 0 bridgehead atoms. The Morgan fingerprint density at radius 1 is 1.04 bits per heavy atom. The third-order valence-corrected chi connectivity index (χ3v) is 4.98. The molecule has 0 spiro atoms. The number of nitrogens with one attached hydrogen (secondary N) is 1. The number of amides is 1. The van der Waals surface area contributed by atoms with Crippen molar-refractivity contribution in [3.8, 4) is 11.3 Å². The van der Waals surface area contributed by atoms with E-state index < -0.39 is 0 Å². The zero-order chi connectivity index (χ0) is 19.1. The second kappa shape index (κ2) is 9.09. The van der Waals surface area contributed by atoms with E-state index in [1.54, 1.807) is 0 Å². The summed E-state index contributed by atoms with van der Waals surface area (Å²) in [5, 5.41) is 3.34. The third kappa shape index (κ3) is 5.24. The molecule has 0 saturated heterocycles. The number of aromatic nitrogens is 1. The number of rotatable bonds is 7. The van der Waals surface area contributed by atoms with Crippen LogP contribution in [-0.2, 0) is 27.2 Å². The first kappa shape index (κ1) is 18.8. The minimum atomic E-state index is -0.335. The molecular weight excluding hydrogens is 360 g/mol. The smallest absolute Gasteiger partial charge is 0.310 e. The van der Waals surface area contributed by atoms with Gasteiger partial charge in [-0.05, 0) is 12.0 Å². The van der Waals surface area contributed by atoms with Gasteiger partial charge in [0, 0.05) is 16.9 Å². The highest BCUT2D eigenvalue weighted by Crippen LogP contribution is 2.31. The molecule has 3 rings (SSSR count). The summed E-state index contributed by atoms with van der Waals surface area (Å²) in [6, 6.07) is 19.5. The van der Waals surface area contributed by atoms with Crippen LogP contribution in [0.4, 0.5) is 5.13 Å². The van der Waals surface area contributed by atoms with Crippen molar-refractivity contribution < 1.29 is 14.3 Å². The van der Waals surface area contributed by atoms with E-state index in [2.05, 4.69) is 10.3 Å². The molecule has 1 amide bonds. The fourth-order valence-corrected chi connectivity index (χ4v) is 3.62. The van der Waals surface area contributed by atoms with Crippen molar-refractivity contribution in [1.29, 1.82) is 0 Å².